The molecule has 0 bridgehead atoms. The van der Waals surface area contributed by atoms with Gasteiger partial charge in [-0.1, -0.05) is 13.8 Å². The van der Waals surface area contributed by atoms with Crippen LogP contribution in [0.5, 0.6) is 0 Å². The van der Waals surface area contributed by atoms with Gasteiger partial charge in [0.05, 0.1) is 0 Å². The molecule has 1 fully saturated rings. The van der Waals surface area contributed by atoms with Gasteiger partial charge in [0.1, 0.15) is 11.4 Å². The van der Waals surface area contributed by atoms with Gasteiger partial charge >= 0.3 is 5.97 Å². The fourth-order valence-electron chi connectivity index (χ4n) is 2.42. The molecule has 1 aliphatic heterocycles. The third-order valence-electron chi connectivity index (χ3n) is 3.22. The molecular formula is C13H18N2O2. The summed E-state index contributed by atoms with van der Waals surface area (Å²) in [5.74, 6) is -0.302. The smallest absolute Gasteiger partial charge is 0.339 e. The van der Waals surface area contributed by atoms with Gasteiger partial charge in [-0.2, -0.15) is 0 Å². The molecule has 0 unspecified atom stereocenters. The molecule has 2 heterocycles. The minimum Gasteiger partial charge on any atom is -0.478 e. The molecule has 4 nitrogen and oxygen atoms in total. The van der Waals surface area contributed by atoms with Crippen molar-refractivity contribution in [2.24, 2.45) is 5.41 Å². The Balaban J connectivity index is 2.30. The van der Waals surface area contributed by atoms with Crippen LogP contribution in [0.4, 0.5) is 5.82 Å². The Bertz CT molecular complexity index is 429. The van der Waals surface area contributed by atoms with Crippen molar-refractivity contribution in [3.8, 4) is 0 Å². The molecule has 1 aliphatic rings. The average Bonchev–Trinajstić information content (AvgIpc) is 2.27. The average molecular weight is 234 g/mol. The summed E-state index contributed by atoms with van der Waals surface area (Å²) in [6, 6.07) is 3.29. The number of pyridine rings is 1. The van der Waals surface area contributed by atoms with Crippen LogP contribution < -0.4 is 4.90 Å². The lowest BCUT2D eigenvalue weighted by molar-refractivity contribution is 0.0696. The zero-order valence-electron chi connectivity index (χ0n) is 10.3. The Morgan fingerprint density at radius 2 is 2.29 bits per heavy atom. The Morgan fingerprint density at radius 3 is 2.94 bits per heavy atom. The number of hydrogen-bond acceptors (Lipinski definition) is 3. The van der Waals surface area contributed by atoms with E-state index in [1.165, 1.54) is 6.42 Å². The van der Waals surface area contributed by atoms with Gasteiger partial charge in [-0.05, 0) is 30.4 Å². The summed E-state index contributed by atoms with van der Waals surface area (Å²) >= 11 is 0. The van der Waals surface area contributed by atoms with Gasteiger partial charge in [-0.3, -0.25) is 0 Å². The molecule has 1 saturated heterocycles. The van der Waals surface area contributed by atoms with Crippen molar-refractivity contribution in [1.82, 2.24) is 4.98 Å². The molecule has 2 rings (SSSR count). The van der Waals surface area contributed by atoms with E-state index in [2.05, 4.69) is 23.7 Å². The molecule has 17 heavy (non-hydrogen) atoms. The minimum atomic E-state index is -0.906. The van der Waals surface area contributed by atoms with E-state index in [-0.39, 0.29) is 5.41 Å². The zero-order valence-corrected chi connectivity index (χ0v) is 10.3. The first kappa shape index (κ1) is 11.9. The zero-order chi connectivity index (χ0) is 12.5. The predicted octanol–water partition coefficient (Wildman–Crippen LogP) is 2.41. The second-order valence-electron chi connectivity index (χ2n) is 5.37. The standard InChI is InChI=1S/C13H18N2O2/c1-13(2)6-4-8-15(9-13)11-10(12(16)17)5-3-7-14-11/h3,5,7H,4,6,8-9H2,1-2H3,(H,16,17). The van der Waals surface area contributed by atoms with E-state index in [9.17, 15) is 4.79 Å². The van der Waals surface area contributed by atoms with Gasteiger partial charge in [-0.25, -0.2) is 9.78 Å². The van der Waals surface area contributed by atoms with Gasteiger partial charge in [-0.15, -0.1) is 0 Å². The van der Waals surface area contributed by atoms with Crippen LogP contribution in [0.1, 0.15) is 37.0 Å². The summed E-state index contributed by atoms with van der Waals surface area (Å²) in [4.78, 5) is 17.5. The molecule has 1 aromatic rings. The van der Waals surface area contributed by atoms with Crippen LogP contribution in [0, 0.1) is 5.41 Å². The molecule has 0 radical (unpaired) electrons. The van der Waals surface area contributed by atoms with Crippen molar-refractivity contribution in [2.45, 2.75) is 26.7 Å². The quantitative estimate of drug-likeness (QED) is 0.853. The topological polar surface area (TPSA) is 53.4 Å². The van der Waals surface area contributed by atoms with E-state index in [1.807, 2.05) is 0 Å². The molecular weight excluding hydrogens is 216 g/mol. The van der Waals surface area contributed by atoms with Crippen LogP contribution in [0.25, 0.3) is 0 Å². The molecule has 0 amide bonds. The SMILES string of the molecule is CC1(C)CCCN(c2ncccc2C(=O)O)C1. The third-order valence-corrected chi connectivity index (χ3v) is 3.22. The number of aromatic carboxylic acids is 1. The van der Waals surface area contributed by atoms with Crippen molar-refractivity contribution in [2.75, 3.05) is 18.0 Å². The van der Waals surface area contributed by atoms with E-state index in [4.69, 9.17) is 5.11 Å². The van der Waals surface area contributed by atoms with E-state index in [1.54, 1.807) is 18.3 Å². The largest absolute Gasteiger partial charge is 0.478 e. The van der Waals surface area contributed by atoms with Crippen molar-refractivity contribution in [3.05, 3.63) is 23.9 Å². The Hall–Kier alpha value is -1.58. The maximum absolute atomic E-state index is 11.2. The van der Waals surface area contributed by atoms with Crippen molar-refractivity contribution in [3.63, 3.8) is 0 Å². The monoisotopic (exact) mass is 234 g/mol. The van der Waals surface area contributed by atoms with Crippen molar-refractivity contribution in [1.29, 1.82) is 0 Å². The van der Waals surface area contributed by atoms with Gasteiger partial charge in [0.25, 0.3) is 0 Å². The molecule has 0 aliphatic carbocycles. The van der Waals surface area contributed by atoms with Crippen molar-refractivity contribution < 1.29 is 9.90 Å². The van der Waals surface area contributed by atoms with Crippen LogP contribution in [-0.2, 0) is 0 Å². The second kappa shape index (κ2) is 4.35. The summed E-state index contributed by atoms with van der Waals surface area (Å²) in [5.41, 5.74) is 0.524. The van der Waals surface area contributed by atoms with Gasteiger partial charge < -0.3 is 10.0 Å². The first-order chi connectivity index (χ1) is 7.99. The van der Waals surface area contributed by atoms with Gasteiger partial charge in [0, 0.05) is 19.3 Å². The van der Waals surface area contributed by atoms with Crippen LogP contribution in [0.15, 0.2) is 18.3 Å². The molecule has 1 N–H and O–H groups in total. The maximum Gasteiger partial charge on any atom is 0.339 e. The number of hydrogen-bond donors (Lipinski definition) is 1. The van der Waals surface area contributed by atoms with Crippen LogP contribution in [0.3, 0.4) is 0 Å². The van der Waals surface area contributed by atoms with Crippen LogP contribution >= 0.6 is 0 Å². The fraction of sp³-hybridized carbons (Fsp3) is 0.538. The molecule has 1 aromatic heterocycles. The van der Waals surface area contributed by atoms with E-state index in [0.717, 1.165) is 19.5 Å². The maximum atomic E-state index is 11.2. The number of anilines is 1. The number of rotatable bonds is 2. The molecule has 0 spiro atoms. The number of aromatic nitrogens is 1. The summed E-state index contributed by atoms with van der Waals surface area (Å²) in [5, 5.41) is 9.16. The molecule has 0 aromatic carbocycles. The Morgan fingerprint density at radius 1 is 1.53 bits per heavy atom. The highest BCUT2D eigenvalue weighted by Gasteiger charge is 2.28. The van der Waals surface area contributed by atoms with Gasteiger partial charge in [0.2, 0.25) is 0 Å². The molecule has 0 saturated carbocycles. The minimum absolute atomic E-state index is 0.228. The van der Waals surface area contributed by atoms with Crippen LogP contribution in [-0.4, -0.2) is 29.1 Å². The Labute approximate surface area is 101 Å². The highest BCUT2D eigenvalue weighted by molar-refractivity contribution is 5.93. The second-order valence-corrected chi connectivity index (χ2v) is 5.37. The molecule has 0 atom stereocenters. The molecule has 4 heteroatoms. The van der Waals surface area contributed by atoms with Crippen LogP contribution in [0.2, 0.25) is 0 Å². The van der Waals surface area contributed by atoms with Gasteiger partial charge in [0.15, 0.2) is 0 Å². The number of carbonyl (C=O) groups is 1. The van der Waals surface area contributed by atoms with E-state index >= 15 is 0 Å². The molecule has 92 valence electrons. The summed E-state index contributed by atoms with van der Waals surface area (Å²) < 4.78 is 0. The van der Waals surface area contributed by atoms with Crippen molar-refractivity contribution >= 4 is 11.8 Å². The Kier molecular flexibility index (Phi) is 3.05. The first-order valence-corrected chi connectivity index (χ1v) is 5.93. The number of carboxylic acid groups (broad SMARTS) is 1. The summed E-state index contributed by atoms with van der Waals surface area (Å²) in [6.45, 7) is 6.18. The number of nitrogens with zero attached hydrogens (tertiary/aromatic N) is 2. The number of carboxylic acids is 1. The number of piperidine rings is 1. The summed E-state index contributed by atoms with van der Waals surface area (Å²) in [6.07, 6.45) is 3.92. The lowest BCUT2D eigenvalue weighted by Gasteiger charge is -2.39. The third kappa shape index (κ3) is 2.57. The fourth-order valence-corrected chi connectivity index (χ4v) is 2.42. The highest BCUT2D eigenvalue weighted by Crippen LogP contribution is 2.31. The predicted molar refractivity (Wildman–Crippen MR) is 66.4 cm³/mol. The summed E-state index contributed by atoms with van der Waals surface area (Å²) in [7, 11) is 0. The van der Waals surface area contributed by atoms with E-state index < -0.39 is 5.97 Å². The van der Waals surface area contributed by atoms with E-state index in [0.29, 0.717) is 11.4 Å². The lowest BCUT2D eigenvalue weighted by Crippen LogP contribution is -2.41. The lowest BCUT2D eigenvalue weighted by atomic mass is 9.84. The highest BCUT2D eigenvalue weighted by atomic mass is 16.4. The normalized spacial score (nSPS) is 19.1. The first-order valence-electron chi connectivity index (χ1n) is 5.93.